The zero-order valence-electron chi connectivity index (χ0n) is 27.3. The first-order chi connectivity index (χ1) is 21.5. The lowest BCUT2D eigenvalue weighted by molar-refractivity contribution is -0.134. The van der Waals surface area contributed by atoms with Gasteiger partial charge in [-0.1, -0.05) is 87.0 Å². The Hall–Kier alpha value is -3.98. The third-order valence-corrected chi connectivity index (χ3v) is 6.53. The Morgan fingerprint density at radius 3 is 2.31 bits per heavy atom. The Kier molecular flexibility index (Phi) is 18.1. The third-order valence-electron chi connectivity index (χ3n) is 6.53. The first-order valence-corrected chi connectivity index (χ1v) is 15.5. The zero-order valence-corrected chi connectivity index (χ0v) is 27.3. The van der Waals surface area contributed by atoms with E-state index in [0.717, 1.165) is 29.5 Å². The lowest BCUT2D eigenvalue weighted by Gasteiger charge is -2.16. The van der Waals surface area contributed by atoms with Crippen LogP contribution >= 0.6 is 0 Å². The summed E-state index contributed by atoms with van der Waals surface area (Å²) >= 11 is 0. The molecule has 1 heterocycles. The van der Waals surface area contributed by atoms with E-state index in [-0.39, 0.29) is 30.5 Å². The predicted octanol–water partition coefficient (Wildman–Crippen LogP) is 8.34. The Morgan fingerprint density at radius 2 is 1.76 bits per heavy atom. The number of hydrogen-bond donors (Lipinski definition) is 2. The Morgan fingerprint density at radius 1 is 1.07 bits per heavy atom. The molecule has 2 aromatic carbocycles. The molecule has 3 rings (SSSR count). The van der Waals surface area contributed by atoms with Gasteiger partial charge in [-0.15, -0.1) is 0 Å². The molecular weight excluding hydrogens is 579 g/mol. The van der Waals surface area contributed by atoms with E-state index in [1.807, 2.05) is 83.2 Å². The first-order valence-electron chi connectivity index (χ1n) is 15.5. The van der Waals surface area contributed by atoms with E-state index in [9.17, 15) is 27.9 Å². The molecule has 1 aromatic heterocycles. The van der Waals surface area contributed by atoms with Crippen molar-refractivity contribution in [1.82, 2.24) is 14.9 Å². The number of carbonyl (C=O) groups is 1. The monoisotopic (exact) mass is 627 g/mol. The zero-order chi connectivity index (χ0) is 33.8. The molecule has 6 nitrogen and oxygen atoms in total. The fourth-order valence-electron chi connectivity index (χ4n) is 4.21. The number of nitrogens with zero attached hydrogens (tertiary/aromatic N) is 2. The van der Waals surface area contributed by atoms with Crippen LogP contribution in [-0.4, -0.2) is 39.4 Å². The second kappa shape index (κ2) is 20.9. The summed E-state index contributed by atoms with van der Waals surface area (Å²) in [6.07, 6.45) is 6.03. The van der Waals surface area contributed by atoms with Crippen molar-refractivity contribution in [1.29, 1.82) is 0 Å². The highest BCUT2D eigenvalue weighted by molar-refractivity contribution is 5.94. The molecule has 1 unspecified atom stereocenters. The number of hydrogen-bond acceptors (Lipinski definition) is 4. The molecule has 0 aliphatic carbocycles. The van der Waals surface area contributed by atoms with E-state index in [4.69, 9.17) is 0 Å². The van der Waals surface area contributed by atoms with Crippen molar-refractivity contribution in [3.63, 3.8) is 0 Å². The van der Waals surface area contributed by atoms with Crippen molar-refractivity contribution < 1.29 is 23.1 Å². The molecule has 3 aromatic rings. The van der Waals surface area contributed by atoms with E-state index < -0.39 is 12.6 Å². The second-order valence-corrected chi connectivity index (χ2v) is 10.3. The van der Waals surface area contributed by atoms with Crippen LogP contribution in [0.1, 0.15) is 87.1 Å². The number of aryl methyl sites for hydroxylation is 2. The third kappa shape index (κ3) is 15.0. The van der Waals surface area contributed by atoms with Crippen LogP contribution in [0.3, 0.4) is 0 Å². The van der Waals surface area contributed by atoms with Crippen molar-refractivity contribution >= 4 is 5.91 Å². The molecule has 0 saturated carbocycles. The number of rotatable bonds is 12. The standard InChI is InChI=1S/C30H35N3O3.C4H7F3.C2H6/c1-4-5-6-7-8-9-13-27(21-34)32-30(36)26-12-10-11-24(18-26)20-33-23(3)31-28(19-29(33)35)25-16-14-22(2)15-17-25;1-2-3-4(5,6)7;1-2/h4-7,10-12,14-19,27,34H,8-9,13,20-21H2,1-3H3,(H,32,36);2-3H2,1H3;1-2H3/b5-4-,7-6-;;. The van der Waals surface area contributed by atoms with Crippen molar-refractivity contribution in [3.05, 3.63) is 112 Å². The number of halogens is 3. The minimum absolute atomic E-state index is 0.113. The molecule has 0 radical (unpaired) electrons. The fourth-order valence-corrected chi connectivity index (χ4v) is 4.21. The molecule has 0 fully saturated rings. The number of amides is 1. The Bertz CT molecular complexity index is 1410. The van der Waals surface area contributed by atoms with E-state index in [1.54, 1.807) is 28.8 Å². The molecule has 0 aliphatic rings. The van der Waals surface area contributed by atoms with Crippen molar-refractivity contribution in [2.45, 2.75) is 92.4 Å². The van der Waals surface area contributed by atoms with Crippen LogP contribution in [0.15, 0.2) is 83.7 Å². The number of alkyl halides is 3. The van der Waals surface area contributed by atoms with Crippen LogP contribution in [0.25, 0.3) is 11.3 Å². The maximum Gasteiger partial charge on any atom is 0.389 e. The molecule has 246 valence electrons. The molecule has 45 heavy (non-hydrogen) atoms. The SMILES string of the molecule is C/C=C\C=C/CCCC(CO)NC(=O)c1cccc(Cn2c(C)nc(-c3ccc(C)cc3)cc2=O)c1.CC.CCCC(F)(F)F. The normalized spacial score (nSPS) is 11.9. The van der Waals surface area contributed by atoms with Gasteiger partial charge in [-0.25, -0.2) is 4.98 Å². The van der Waals surface area contributed by atoms with Crippen molar-refractivity contribution in [3.8, 4) is 11.3 Å². The largest absolute Gasteiger partial charge is 0.394 e. The van der Waals surface area contributed by atoms with Gasteiger partial charge in [0.15, 0.2) is 0 Å². The maximum absolute atomic E-state index is 12.9. The Balaban J connectivity index is 0.000000991. The van der Waals surface area contributed by atoms with Gasteiger partial charge in [0, 0.05) is 23.6 Å². The van der Waals surface area contributed by atoms with Crippen LogP contribution in [-0.2, 0) is 6.54 Å². The summed E-state index contributed by atoms with van der Waals surface area (Å²) in [7, 11) is 0. The molecule has 0 bridgehead atoms. The van der Waals surface area contributed by atoms with Gasteiger partial charge in [0.05, 0.1) is 24.9 Å². The van der Waals surface area contributed by atoms with E-state index >= 15 is 0 Å². The number of nitrogens with one attached hydrogen (secondary N) is 1. The highest BCUT2D eigenvalue weighted by atomic mass is 19.4. The summed E-state index contributed by atoms with van der Waals surface area (Å²) < 4.78 is 34.8. The van der Waals surface area contributed by atoms with Crippen molar-refractivity contribution in [2.75, 3.05) is 6.61 Å². The number of aliphatic hydroxyl groups is 1. The number of carbonyl (C=O) groups excluding carboxylic acids is 1. The number of aromatic nitrogens is 2. The smallest absolute Gasteiger partial charge is 0.389 e. The van der Waals surface area contributed by atoms with Crippen LogP contribution in [0.4, 0.5) is 13.2 Å². The van der Waals surface area contributed by atoms with Crippen molar-refractivity contribution in [2.24, 2.45) is 0 Å². The van der Waals surface area contributed by atoms with Gasteiger partial charge in [-0.2, -0.15) is 13.2 Å². The molecule has 0 aliphatic heterocycles. The van der Waals surface area contributed by atoms with E-state index in [2.05, 4.69) is 16.4 Å². The number of unbranched alkanes of at least 4 members (excludes halogenated alkanes) is 1. The van der Waals surface area contributed by atoms with Crippen LogP contribution in [0.2, 0.25) is 0 Å². The molecule has 0 spiro atoms. The molecule has 9 heteroatoms. The Labute approximate surface area is 265 Å². The first kappa shape index (κ1) is 39.0. The molecule has 0 saturated heterocycles. The highest BCUT2D eigenvalue weighted by Crippen LogP contribution is 2.20. The van der Waals surface area contributed by atoms with Gasteiger partial charge in [-0.05, 0) is 64.2 Å². The quantitative estimate of drug-likeness (QED) is 0.156. The number of benzene rings is 2. The van der Waals surface area contributed by atoms with Gasteiger partial charge in [0.25, 0.3) is 11.5 Å². The van der Waals surface area contributed by atoms with Gasteiger partial charge in [0.1, 0.15) is 5.82 Å². The minimum Gasteiger partial charge on any atom is -0.394 e. The van der Waals surface area contributed by atoms with Crippen LogP contribution in [0, 0.1) is 13.8 Å². The average Bonchev–Trinajstić information content (AvgIpc) is 3.01. The topological polar surface area (TPSA) is 84.2 Å². The summed E-state index contributed by atoms with van der Waals surface area (Å²) in [5, 5.41) is 12.6. The lowest BCUT2D eigenvalue weighted by Crippen LogP contribution is -2.37. The highest BCUT2D eigenvalue weighted by Gasteiger charge is 2.24. The van der Waals surface area contributed by atoms with Crippen LogP contribution in [0.5, 0.6) is 0 Å². The number of aliphatic hydroxyl groups excluding tert-OH is 1. The molecule has 1 atom stereocenters. The molecule has 2 N–H and O–H groups in total. The number of allylic oxidation sites excluding steroid dienone is 4. The van der Waals surface area contributed by atoms with E-state index in [0.29, 0.717) is 30.0 Å². The summed E-state index contributed by atoms with van der Waals surface area (Å²) in [5.74, 6) is 0.369. The summed E-state index contributed by atoms with van der Waals surface area (Å²) in [6, 6.07) is 16.4. The van der Waals surface area contributed by atoms with Gasteiger partial charge in [-0.3, -0.25) is 14.2 Å². The van der Waals surface area contributed by atoms with E-state index in [1.165, 1.54) is 6.92 Å². The average molecular weight is 628 g/mol. The fraction of sp³-hybridized carbons (Fsp3) is 0.417. The summed E-state index contributed by atoms with van der Waals surface area (Å²) in [4.78, 5) is 30.4. The predicted molar refractivity (Wildman–Crippen MR) is 177 cm³/mol. The minimum atomic E-state index is -3.95. The molecular formula is C36H48F3N3O3. The van der Waals surface area contributed by atoms with Gasteiger partial charge in [0.2, 0.25) is 0 Å². The van der Waals surface area contributed by atoms with Gasteiger partial charge >= 0.3 is 6.18 Å². The second-order valence-electron chi connectivity index (χ2n) is 10.3. The van der Waals surface area contributed by atoms with Crippen LogP contribution < -0.4 is 10.9 Å². The summed E-state index contributed by atoms with van der Waals surface area (Å²) in [5.41, 5.74) is 3.88. The lowest BCUT2D eigenvalue weighted by atomic mass is 10.1. The summed E-state index contributed by atoms with van der Waals surface area (Å²) in [6.45, 7) is 11.5. The maximum atomic E-state index is 12.9. The van der Waals surface area contributed by atoms with Gasteiger partial charge < -0.3 is 10.4 Å². The molecule has 1 amide bonds.